The molecule has 1 aromatic heterocycles. The van der Waals surface area contributed by atoms with Crippen LogP contribution in [0.2, 0.25) is 0 Å². The lowest BCUT2D eigenvalue weighted by Crippen LogP contribution is -2.46. The van der Waals surface area contributed by atoms with E-state index in [0.717, 1.165) is 0 Å². The van der Waals surface area contributed by atoms with Crippen LogP contribution in [0.25, 0.3) is 10.9 Å². The van der Waals surface area contributed by atoms with Crippen molar-refractivity contribution in [1.29, 1.82) is 0 Å². The van der Waals surface area contributed by atoms with Crippen molar-refractivity contribution in [1.82, 2.24) is 15.4 Å². The topological polar surface area (TPSA) is 109 Å². The number of carbonyl (C=O) groups is 4. The third kappa shape index (κ3) is 3.41. The molecule has 0 bridgehead atoms. The Morgan fingerprint density at radius 2 is 1.80 bits per heavy atom. The second-order valence-corrected chi connectivity index (χ2v) is 6.82. The summed E-state index contributed by atoms with van der Waals surface area (Å²) in [6, 6.07) is 9.07. The molecule has 0 radical (unpaired) electrons. The minimum atomic E-state index is -1.17. The molecule has 0 aliphatic carbocycles. The second-order valence-electron chi connectivity index (χ2n) is 6.82. The van der Waals surface area contributed by atoms with Crippen LogP contribution in [0.5, 0.6) is 0 Å². The zero-order valence-electron chi connectivity index (χ0n) is 15.8. The molecular weight excluding hydrogens is 393 g/mol. The van der Waals surface area contributed by atoms with Gasteiger partial charge in [0.1, 0.15) is 11.9 Å². The second kappa shape index (κ2) is 7.43. The number of fused-ring (bicyclic) bond motifs is 2. The van der Waals surface area contributed by atoms with Gasteiger partial charge in [-0.05, 0) is 35.9 Å². The zero-order chi connectivity index (χ0) is 21.4. The number of hydrogen-bond donors (Lipinski definition) is 2. The molecule has 30 heavy (non-hydrogen) atoms. The number of aromatic amines is 1. The Morgan fingerprint density at radius 1 is 1.13 bits per heavy atom. The van der Waals surface area contributed by atoms with Crippen LogP contribution in [0.4, 0.5) is 4.39 Å². The van der Waals surface area contributed by atoms with Gasteiger partial charge in [-0.3, -0.25) is 14.4 Å². The number of aromatic nitrogens is 1. The summed E-state index contributed by atoms with van der Waals surface area (Å²) in [4.78, 5) is 57.2. The maximum Gasteiger partial charge on any atom is 0.355 e. The van der Waals surface area contributed by atoms with E-state index in [4.69, 9.17) is 4.84 Å². The fraction of sp³-hybridized carbons (Fsp3) is 0.143. The molecular formula is C21H16FN3O5. The van der Waals surface area contributed by atoms with Crippen LogP contribution in [0.15, 0.2) is 48.7 Å². The standard InChI is InChI=1S/C21H16FN3O5/c1-11(26)24-18(8-12-10-23-17-9-13(22)6-7-14(12)17)21(29)30-25-19(27)15-4-2-3-5-16(15)20(25)28/h2-7,9-10,18,23H,8H2,1H3,(H,24,26). The van der Waals surface area contributed by atoms with Gasteiger partial charge in [-0.1, -0.05) is 17.2 Å². The van der Waals surface area contributed by atoms with E-state index in [2.05, 4.69) is 10.3 Å². The highest BCUT2D eigenvalue weighted by Gasteiger charge is 2.40. The fourth-order valence-corrected chi connectivity index (χ4v) is 3.39. The number of benzene rings is 2. The van der Waals surface area contributed by atoms with Crippen molar-refractivity contribution in [3.05, 3.63) is 71.2 Å². The minimum Gasteiger partial charge on any atom is -0.361 e. The van der Waals surface area contributed by atoms with Gasteiger partial charge in [0.15, 0.2) is 0 Å². The van der Waals surface area contributed by atoms with Crippen molar-refractivity contribution in [3.63, 3.8) is 0 Å². The van der Waals surface area contributed by atoms with Crippen molar-refractivity contribution in [3.8, 4) is 0 Å². The number of nitrogens with one attached hydrogen (secondary N) is 2. The Labute approximate surface area is 169 Å². The SMILES string of the molecule is CC(=O)NC(Cc1c[nH]c2cc(F)ccc12)C(=O)ON1C(=O)c2ccccc2C1=O. The van der Waals surface area contributed by atoms with E-state index in [1.807, 2.05) is 0 Å². The van der Waals surface area contributed by atoms with Gasteiger partial charge >= 0.3 is 5.97 Å². The van der Waals surface area contributed by atoms with Gasteiger partial charge in [0.2, 0.25) is 5.91 Å². The number of hydrogen-bond acceptors (Lipinski definition) is 5. The molecule has 2 aromatic carbocycles. The molecule has 4 rings (SSSR count). The summed E-state index contributed by atoms with van der Waals surface area (Å²) in [5.41, 5.74) is 1.42. The predicted octanol–water partition coefficient (Wildman–Crippen LogP) is 2.11. The molecule has 1 atom stereocenters. The van der Waals surface area contributed by atoms with Crippen LogP contribution in [-0.2, 0) is 20.8 Å². The van der Waals surface area contributed by atoms with E-state index >= 15 is 0 Å². The van der Waals surface area contributed by atoms with E-state index < -0.39 is 35.5 Å². The van der Waals surface area contributed by atoms with Crippen LogP contribution in [0.1, 0.15) is 33.2 Å². The first-order valence-corrected chi connectivity index (χ1v) is 9.07. The summed E-state index contributed by atoms with van der Waals surface area (Å²) in [6.07, 6.45) is 1.60. The molecule has 0 saturated heterocycles. The molecule has 0 spiro atoms. The maximum atomic E-state index is 13.4. The maximum absolute atomic E-state index is 13.4. The van der Waals surface area contributed by atoms with Crippen molar-refractivity contribution < 1.29 is 28.4 Å². The van der Waals surface area contributed by atoms with E-state index in [1.54, 1.807) is 24.4 Å². The van der Waals surface area contributed by atoms with E-state index in [1.165, 1.54) is 31.2 Å². The largest absolute Gasteiger partial charge is 0.361 e. The number of rotatable bonds is 5. The van der Waals surface area contributed by atoms with E-state index in [9.17, 15) is 23.6 Å². The molecule has 1 aliphatic rings. The smallest absolute Gasteiger partial charge is 0.355 e. The predicted molar refractivity (Wildman–Crippen MR) is 103 cm³/mol. The summed E-state index contributed by atoms with van der Waals surface area (Å²) >= 11 is 0. The van der Waals surface area contributed by atoms with Gasteiger partial charge < -0.3 is 15.1 Å². The van der Waals surface area contributed by atoms with Crippen LogP contribution < -0.4 is 5.32 Å². The third-order valence-corrected chi connectivity index (χ3v) is 4.75. The van der Waals surface area contributed by atoms with Gasteiger partial charge in [-0.25, -0.2) is 9.18 Å². The molecule has 8 nitrogen and oxygen atoms in total. The molecule has 2 heterocycles. The Hall–Kier alpha value is -4.01. The molecule has 3 amide bonds. The average Bonchev–Trinajstić information content (AvgIpc) is 3.21. The molecule has 1 unspecified atom stereocenters. The van der Waals surface area contributed by atoms with Crippen molar-refractivity contribution in [2.75, 3.05) is 0 Å². The molecule has 0 saturated carbocycles. The number of amides is 3. The Balaban J connectivity index is 1.56. The minimum absolute atomic E-state index is 0.00716. The molecule has 0 fully saturated rings. The number of halogens is 1. The summed E-state index contributed by atoms with van der Waals surface area (Å²) in [6.45, 7) is 1.23. The summed E-state index contributed by atoms with van der Waals surface area (Å²) < 4.78 is 13.4. The van der Waals surface area contributed by atoms with Gasteiger partial charge in [0.05, 0.1) is 11.1 Å². The molecule has 152 valence electrons. The van der Waals surface area contributed by atoms with Crippen LogP contribution in [-0.4, -0.2) is 39.8 Å². The Morgan fingerprint density at radius 3 is 2.43 bits per heavy atom. The Bertz CT molecular complexity index is 1170. The third-order valence-electron chi connectivity index (χ3n) is 4.75. The summed E-state index contributed by atoms with van der Waals surface area (Å²) in [5, 5.41) is 3.53. The number of carbonyl (C=O) groups excluding carboxylic acids is 4. The molecule has 2 N–H and O–H groups in total. The normalized spacial score (nSPS) is 14.0. The highest BCUT2D eigenvalue weighted by atomic mass is 19.1. The number of nitrogens with zero attached hydrogens (tertiary/aromatic N) is 1. The number of imide groups is 1. The van der Waals surface area contributed by atoms with Gasteiger partial charge in [-0.15, -0.1) is 0 Å². The fourth-order valence-electron chi connectivity index (χ4n) is 3.39. The van der Waals surface area contributed by atoms with Gasteiger partial charge in [0.25, 0.3) is 11.8 Å². The van der Waals surface area contributed by atoms with Gasteiger partial charge in [0, 0.05) is 30.4 Å². The zero-order valence-corrected chi connectivity index (χ0v) is 15.8. The molecule has 9 heteroatoms. The lowest BCUT2D eigenvalue weighted by atomic mass is 10.0. The number of H-pyrrole nitrogens is 1. The summed E-state index contributed by atoms with van der Waals surface area (Å²) in [7, 11) is 0. The van der Waals surface area contributed by atoms with Gasteiger partial charge in [-0.2, -0.15) is 0 Å². The first kappa shape index (κ1) is 19.3. The van der Waals surface area contributed by atoms with Crippen molar-refractivity contribution in [2.45, 2.75) is 19.4 Å². The Kier molecular flexibility index (Phi) is 4.78. The van der Waals surface area contributed by atoms with E-state index in [-0.39, 0.29) is 17.5 Å². The quantitative estimate of drug-likeness (QED) is 0.628. The molecule has 3 aromatic rings. The summed E-state index contributed by atoms with van der Waals surface area (Å²) in [5.74, 6) is -3.40. The molecule has 1 aliphatic heterocycles. The highest BCUT2D eigenvalue weighted by Crippen LogP contribution is 2.24. The average molecular weight is 409 g/mol. The van der Waals surface area contributed by atoms with E-state index in [0.29, 0.717) is 21.5 Å². The number of hydroxylamine groups is 2. The first-order valence-electron chi connectivity index (χ1n) is 9.07. The van der Waals surface area contributed by atoms with Crippen LogP contribution in [0, 0.1) is 5.82 Å². The monoisotopic (exact) mass is 409 g/mol. The lowest BCUT2D eigenvalue weighted by Gasteiger charge is -2.19. The van der Waals surface area contributed by atoms with Crippen LogP contribution in [0.3, 0.4) is 0 Å². The van der Waals surface area contributed by atoms with Crippen LogP contribution >= 0.6 is 0 Å². The highest BCUT2D eigenvalue weighted by molar-refractivity contribution is 6.21. The van der Waals surface area contributed by atoms with Crippen molar-refractivity contribution in [2.24, 2.45) is 0 Å². The first-order chi connectivity index (χ1) is 14.3. The van der Waals surface area contributed by atoms with Crippen molar-refractivity contribution >= 4 is 34.6 Å². The lowest BCUT2D eigenvalue weighted by molar-refractivity contribution is -0.171.